The predicted molar refractivity (Wildman–Crippen MR) is 58.7 cm³/mol. The van der Waals surface area contributed by atoms with Gasteiger partial charge >= 0.3 is 6.01 Å². The number of alkyl halides is 1. The predicted octanol–water partition coefficient (Wildman–Crippen LogP) is -0.298. The Morgan fingerprint density at radius 1 is 1.53 bits per heavy atom. The third-order valence-corrected chi connectivity index (χ3v) is 2.62. The van der Waals surface area contributed by atoms with Crippen LogP contribution in [0.5, 0.6) is 0 Å². The van der Waals surface area contributed by atoms with E-state index in [0.717, 1.165) is 0 Å². The van der Waals surface area contributed by atoms with Gasteiger partial charge in [0.1, 0.15) is 12.6 Å². The van der Waals surface area contributed by atoms with Crippen molar-refractivity contribution in [3.63, 3.8) is 0 Å². The fourth-order valence-corrected chi connectivity index (χ4v) is 1.65. The molecule has 1 atom stereocenters. The molecule has 17 heavy (non-hydrogen) atoms. The molecular formula is C9H11ClN4O3. The van der Waals surface area contributed by atoms with Crippen molar-refractivity contribution in [2.24, 2.45) is 0 Å². The number of aryl methyl sites for hydroxylation is 1. The normalized spacial score (nSPS) is 20.6. The van der Waals surface area contributed by atoms with Gasteiger partial charge in [-0.3, -0.25) is 14.9 Å². The first kappa shape index (κ1) is 11.8. The maximum atomic E-state index is 11.4. The van der Waals surface area contributed by atoms with Gasteiger partial charge in [-0.05, 0) is 6.92 Å². The number of hydrogen-bond acceptors (Lipinski definition) is 6. The molecule has 2 heterocycles. The molecule has 1 saturated heterocycles. The van der Waals surface area contributed by atoms with Gasteiger partial charge < -0.3 is 9.32 Å². The molecule has 0 spiro atoms. The van der Waals surface area contributed by atoms with Crippen molar-refractivity contribution in [1.82, 2.24) is 15.5 Å². The molecule has 0 saturated carbocycles. The second kappa shape index (κ2) is 4.70. The summed E-state index contributed by atoms with van der Waals surface area (Å²) in [6, 6.07) is -0.349. The van der Waals surface area contributed by atoms with Crippen LogP contribution in [0.25, 0.3) is 0 Å². The van der Waals surface area contributed by atoms with E-state index in [9.17, 15) is 9.59 Å². The van der Waals surface area contributed by atoms with Crippen LogP contribution in [0.2, 0.25) is 0 Å². The van der Waals surface area contributed by atoms with Crippen LogP contribution in [0.4, 0.5) is 6.01 Å². The minimum atomic E-state index is -0.517. The zero-order valence-electron chi connectivity index (χ0n) is 9.14. The summed E-state index contributed by atoms with van der Waals surface area (Å²) in [6.07, 6.45) is 0.455. The highest BCUT2D eigenvalue weighted by Gasteiger charge is 2.33. The Balaban J connectivity index is 2.19. The van der Waals surface area contributed by atoms with Gasteiger partial charge in [0.2, 0.25) is 17.7 Å². The number of carbonyl (C=O) groups is 2. The zero-order valence-corrected chi connectivity index (χ0v) is 9.90. The van der Waals surface area contributed by atoms with Crippen LogP contribution in [-0.4, -0.2) is 40.5 Å². The molecule has 0 radical (unpaired) electrons. The number of piperazine rings is 1. The number of halogens is 1. The maximum absolute atomic E-state index is 11.4. The van der Waals surface area contributed by atoms with Crippen LogP contribution in [-0.2, 0) is 16.0 Å². The summed E-state index contributed by atoms with van der Waals surface area (Å²) in [4.78, 5) is 24.2. The summed E-state index contributed by atoms with van der Waals surface area (Å²) in [5.74, 6) is 0.000489. The lowest BCUT2D eigenvalue weighted by atomic mass is 10.2. The van der Waals surface area contributed by atoms with E-state index >= 15 is 0 Å². The Hall–Kier alpha value is -1.63. The van der Waals surface area contributed by atoms with Gasteiger partial charge in [0, 0.05) is 12.3 Å². The lowest BCUT2D eigenvalue weighted by molar-refractivity contribution is -0.132. The van der Waals surface area contributed by atoms with Crippen molar-refractivity contribution < 1.29 is 14.0 Å². The fourth-order valence-electron chi connectivity index (χ4n) is 1.49. The number of rotatable bonds is 3. The molecule has 1 N–H and O–H groups in total. The Kier molecular flexibility index (Phi) is 3.28. The van der Waals surface area contributed by atoms with Crippen LogP contribution in [0.15, 0.2) is 4.42 Å². The van der Waals surface area contributed by atoms with Gasteiger partial charge in [-0.2, -0.15) is 0 Å². The van der Waals surface area contributed by atoms with Crippen LogP contribution in [0.3, 0.4) is 0 Å². The summed E-state index contributed by atoms with van der Waals surface area (Å²) in [7, 11) is 0. The lowest BCUT2D eigenvalue weighted by Crippen LogP contribution is -2.57. The van der Waals surface area contributed by atoms with Crippen molar-refractivity contribution in [1.29, 1.82) is 0 Å². The maximum Gasteiger partial charge on any atom is 0.319 e. The van der Waals surface area contributed by atoms with E-state index in [0.29, 0.717) is 18.2 Å². The number of anilines is 1. The van der Waals surface area contributed by atoms with Crippen LogP contribution in [0, 0.1) is 0 Å². The van der Waals surface area contributed by atoms with E-state index in [1.54, 1.807) is 6.92 Å². The second-order valence-corrected chi connectivity index (χ2v) is 4.01. The highest BCUT2D eigenvalue weighted by Crippen LogP contribution is 2.17. The lowest BCUT2D eigenvalue weighted by Gasteiger charge is -2.29. The molecule has 7 nitrogen and oxygen atoms in total. The highest BCUT2D eigenvalue weighted by molar-refractivity contribution is 6.17. The molecule has 2 amide bonds. The van der Waals surface area contributed by atoms with Crippen LogP contribution in [0.1, 0.15) is 12.8 Å². The second-order valence-electron chi connectivity index (χ2n) is 3.63. The Morgan fingerprint density at radius 3 is 3.00 bits per heavy atom. The highest BCUT2D eigenvalue weighted by atomic mass is 35.5. The molecule has 1 aliphatic rings. The number of hydrogen-bond donors (Lipinski definition) is 1. The summed E-state index contributed by atoms with van der Waals surface area (Å²) >= 11 is 5.55. The number of carbonyl (C=O) groups excluding carboxylic acids is 2. The molecule has 92 valence electrons. The average molecular weight is 259 g/mol. The largest absolute Gasteiger partial charge is 0.408 e. The van der Waals surface area contributed by atoms with Gasteiger partial charge in [-0.15, -0.1) is 16.7 Å². The molecule has 1 unspecified atom stereocenters. The third-order valence-electron chi connectivity index (χ3n) is 2.43. The molecule has 1 aromatic rings. The number of imide groups is 1. The van der Waals surface area contributed by atoms with E-state index in [2.05, 4.69) is 15.5 Å². The van der Waals surface area contributed by atoms with Gasteiger partial charge in [-0.1, -0.05) is 5.10 Å². The van der Waals surface area contributed by atoms with E-state index < -0.39 is 6.04 Å². The van der Waals surface area contributed by atoms with Crippen molar-refractivity contribution in [3.05, 3.63) is 5.89 Å². The van der Waals surface area contributed by atoms with Crippen molar-refractivity contribution in [2.75, 3.05) is 17.3 Å². The zero-order chi connectivity index (χ0) is 12.4. The van der Waals surface area contributed by atoms with Crippen LogP contribution >= 0.6 is 11.6 Å². The fraction of sp³-hybridized carbons (Fsp3) is 0.556. The first-order valence-electron chi connectivity index (χ1n) is 5.10. The SMILES string of the molecule is CC1C(=O)NC(=O)CN1c1nnc(CCCl)o1. The van der Waals surface area contributed by atoms with E-state index in [1.165, 1.54) is 4.90 Å². The average Bonchev–Trinajstić information content (AvgIpc) is 2.72. The van der Waals surface area contributed by atoms with Gasteiger partial charge in [-0.25, -0.2) is 0 Å². The Bertz CT molecular complexity index is 447. The number of aromatic nitrogens is 2. The first-order valence-corrected chi connectivity index (χ1v) is 5.64. The molecule has 2 rings (SSSR count). The van der Waals surface area contributed by atoms with E-state index in [1.807, 2.05) is 0 Å². The van der Waals surface area contributed by atoms with Gasteiger partial charge in [0.05, 0.1) is 0 Å². The van der Waals surface area contributed by atoms with E-state index in [-0.39, 0.29) is 24.4 Å². The van der Waals surface area contributed by atoms with Crippen molar-refractivity contribution in [3.8, 4) is 0 Å². The van der Waals surface area contributed by atoms with Gasteiger partial charge in [0.25, 0.3) is 0 Å². The minimum Gasteiger partial charge on any atom is -0.408 e. The Labute approximate surface area is 102 Å². The first-order chi connectivity index (χ1) is 8.11. The number of nitrogens with zero attached hydrogens (tertiary/aromatic N) is 3. The van der Waals surface area contributed by atoms with E-state index in [4.69, 9.17) is 16.0 Å². The summed E-state index contributed by atoms with van der Waals surface area (Å²) in [5.41, 5.74) is 0. The summed E-state index contributed by atoms with van der Waals surface area (Å²) in [6.45, 7) is 1.68. The van der Waals surface area contributed by atoms with Crippen molar-refractivity contribution >= 4 is 29.4 Å². The monoisotopic (exact) mass is 258 g/mol. The molecule has 0 aromatic carbocycles. The molecular weight excluding hydrogens is 248 g/mol. The summed E-state index contributed by atoms with van der Waals surface area (Å²) in [5, 5.41) is 9.81. The standard InChI is InChI=1S/C9H11ClN4O3/c1-5-8(16)11-6(15)4-14(5)9-13-12-7(17-9)2-3-10/h5H,2-4H2,1H3,(H,11,15,16). The molecule has 0 aliphatic carbocycles. The summed E-state index contributed by atoms with van der Waals surface area (Å²) < 4.78 is 5.32. The molecule has 1 aliphatic heterocycles. The van der Waals surface area contributed by atoms with Gasteiger partial charge in [0.15, 0.2) is 0 Å². The van der Waals surface area contributed by atoms with Crippen LogP contribution < -0.4 is 10.2 Å². The molecule has 1 fully saturated rings. The molecule has 8 heteroatoms. The molecule has 1 aromatic heterocycles. The number of nitrogens with one attached hydrogen (secondary N) is 1. The topological polar surface area (TPSA) is 88.3 Å². The minimum absolute atomic E-state index is 0.0232. The third kappa shape index (κ3) is 2.38. The number of amides is 2. The molecule has 0 bridgehead atoms. The quantitative estimate of drug-likeness (QED) is 0.592. The Morgan fingerprint density at radius 2 is 2.29 bits per heavy atom. The smallest absolute Gasteiger partial charge is 0.319 e. The van der Waals surface area contributed by atoms with Crippen molar-refractivity contribution in [2.45, 2.75) is 19.4 Å².